The van der Waals surface area contributed by atoms with E-state index in [4.69, 9.17) is 0 Å². The van der Waals surface area contributed by atoms with Crippen molar-refractivity contribution in [1.29, 1.82) is 0 Å². The van der Waals surface area contributed by atoms with E-state index in [-0.39, 0.29) is 17.2 Å². The molecule has 0 bridgehead atoms. The lowest BCUT2D eigenvalue weighted by atomic mass is 10.1. The molecular formula is C17H21N3O2. The second-order valence-electron chi connectivity index (χ2n) is 5.14. The molecule has 22 heavy (non-hydrogen) atoms. The molecule has 5 nitrogen and oxygen atoms in total. The maximum Gasteiger partial charge on any atom is 0.276 e. The second kappa shape index (κ2) is 7.54. The molecule has 1 heterocycles. The van der Waals surface area contributed by atoms with Crippen LogP contribution in [0.3, 0.4) is 0 Å². The van der Waals surface area contributed by atoms with Crippen LogP contribution in [0.25, 0.3) is 0 Å². The maximum absolute atomic E-state index is 12.2. The van der Waals surface area contributed by atoms with Crippen LogP contribution in [0.15, 0.2) is 41.2 Å². The molecule has 0 spiro atoms. The van der Waals surface area contributed by atoms with E-state index in [2.05, 4.69) is 17.3 Å². The van der Waals surface area contributed by atoms with E-state index in [1.807, 2.05) is 31.2 Å². The largest absolute Gasteiger partial charge is 0.321 e. The fraction of sp³-hybridized carbons (Fsp3) is 0.353. The van der Waals surface area contributed by atoms with Gasteiger partial charge in [-0.25, -0.2) is 4.68 Å². The lowest BCUT2D eigenvalue weighted by Crippen LogP contribution is -2.26. The first-order valence-corrected chi connectivity index (χ1v) is 7.62. The van der Waals surface area contributed by atoms with Gasteiger partial charge in [-0.15, -0.1) is 0 Å². The maximum atomic E-state index is 12.2. The molecule has 0 unspecified atom stereocenters. The number of anilines is 1. The lowest BCUT2D eigenvalue weighted by molar-refractivity contribution is 0.101. The van der Waals surface area contributed by atoms with Crippen LogP contribution in [0.4, 0.5) is 5.69 Å². The summed E-state index contributed by atoms with van der Waals surface area (Å²) in [5.74, 6) is -0.311. The highest BCUT2D eigenvalue weighted by Crippen LogP contribution is 2.11. The van der Waals surface area contributed by atoms with Gasteiger partial charge in [-0.05, 0) is 36.6 Å². The van der Waals surface area contributed by atoms with Crippen molar-refractivity contribution in [2.75, 3.05) is 5.32 Å². The molecule has 1 amide bonds. The summed E-state index contributed by atoms with van der Waals surface area (Å²) in [6.07, 6.45) is 2.78. The van der Waals surface area contributed by atoms with Crippen LogP contribution < -0.4 is 10.9 Å². The Balaban J connectivity index is 2.12. The predicted octanol–water partition coefficient (Wildman–Crippen LogP) is 2.86. The highest BCUT2D eigenvalue weighted by molar-refractivity contribution is 6.02. The van der Waals surface area contributed by atoms with Crippen molar-refractivity contribution in [3.8, 4) is 0 Å². The fourth-order valence-corrected chi connectivity index (χ4v) is 2.06. The molecule has 5 heteroatoms. The summed E-state index contributed by atoms with van der Waals surface area (Å²) >= 11 is 0. The van der Waals surface area contributed by atoms with Crippen molar-refractivity contribution >= 4 is 11.6 Å². The summed E-state index contributed by atoms with van der Waals surface area (Å²) in [7, 11) is 0. The minimum absolute atomic E-state index is 0.183. The van der Waals surface area contributed by atoms with E-state index < -0.39 is 0 Å². The highest BCUT2D eigenvalue weighted by atomic mass is 16.2. The molecule has 0 saturated heterocycles. The molecule has 1 N–H and O–H groups in total. The average Bonchev–Trinajstić information content (AvgIpc) is 2.54. The third-order valence-corrected chi connectivity index (χ3v) is 3.44. The van der Waals surface area contributed by atoms with Gasteiger partial charge in [0.25, 0.3) is 11.5 Å². The lowest BCUT2D eigenvalue weighted by Gasteiger charge is -2.08. The molecule has 0 fully saturated rings. The molecular weight excluding hydrogens is 278 g/mol. The van der Waals surface area contributed by atoms with E-state index in [0.29, 0.717) is 6.54 Å². The Kier molecular flexibility index (Phi) is 5.47. The number of carbonyl (C=O) groups is 1. The molecule has 0 radical (unpaired) electrons. The van der Waals surface area contributed by atoms with Crippen molar-refractivity contribution in [2.45, 2.75) is 39.7 Å². The average molecular weight is 299 g/mol. The number of carbonyl (C=O) groups excluding carboxylic acids is 1. The van der Waals surface area contributed by atoms with Gasteiger partial charge in [0, 0.05) is 18.3 Å². The van der Waals surface area contributed by atoms with Gasteiger partial charge in [0.1, 0.15) is 5.69 Å². The molecule has 116 valence electrons. The van der Waals surface area contributed by atoms with Crippen molar-refractivity contribution in [3.05, 3.63) is 58.0 Å². The Morgan fingerprint density at radius 2 is 1.86 bits per heavy atom. The van der Waals surface area contributed by atoms with Crippen LogP contribution in [-0.4, -0.2) is 15.7 Å². The predicted molar refractivity (Wildman–Crippen MR) is 87.2 cm³/mol. The number of aryl methyl sites for hydroxylation is 2. The Bertz CT molecular complexity index is 690. The van der Waals surface area contributed by atoms with Crippen LogP contribution in [-0.2, 0) is 13.0 Å². The van der Waals surface area contributed by atoms with Crippen LogP contribution in [0.1, 0.15) is 42.7 Å². The van der Waals surface area contributed by atoms with E-state index in [1.54, 1.807) is 0 Å². The number of amides is 1. The summed E-state index contributed by atoms with van der Waals surface area (Å²) in [4.78, 5) is 23.9. The van der Waals surface area contributed by atoms with E-state index in [9.17, 15) is 9.59 Å². The van der Waals surface area contributed by atoms with Crippen molar-refractivity contribution < 1.29 is 4.79 Å². The van der Waals surface area contributed by atoms with Crippen molar-refractivity contribution in [1.82, 2.24) is 9.78 Å². The summed E-state index contributed by atoms with van der Waals surface area (Å²) in [6, 6.07) is 10.5. The quantitative estimate of drug-likeness (QED) is 0.892. The minimum atomic E-state index is -0.311. The first-order chi connectivity index (χ1) is 10.6. The van der Waals surface area contributed by atoms with E-state index >= 15 is 0 Å². The van der Waals surface area contributed by atoms with Gasteiger partial charge in [-0.2, -0.15) is 5.10 Å². The normalized spacial score (nSPS) is 10.5. The summed E-state index contributed by atoms with van der Waals surface area (Å²) in [5.41, 5.74) is 1.99. The molecule has 0 atom stereocenters. The number of aromatic nitrogens is 2. The Labute approximate surface area is 130 Å². The summed E-state index contributed by atoms with van der Waals surface area (Å²) in [6.45, 7) is 4.65. The van der Waals surface area contributed by atoms with Crippen LogP contribution in [0, 0.1) is 0 Å². The minimum Gasteiger partial charge on any atom is -0.321 e. The number of rotatable bonds is 6. The van der Waals surface area contributed by atoms with Crippen LogP contribution in [0.2, 0.25) is 0 Å². The highest BCUT2D eigenvalue weighted by Gasteiger charge is 2.10. The van der Waals surface area contributed by atoms with Gasteiger partial charge in [0.15, 0.2) is 0 Å². The monoisotopic (exact) mass is 299 g/mol. The molecule has 0 aliphatic rings. The molecule has 0 saturated carbocycles. The third kappa shape index (κ3) is 4.04. The number of benzene rings is 1. The molecule has 2 rings (SSSR count). The molecule has 0 aliphatic heterocycles. The number of unbranched alkanes of at least 4 members (excludes halogenated alkanes) is 1. The number of nitrogens with zero attached hydrogens (tertiary/aromatic N) is 2. The number of hydrogen-bond acceptors (Lipinski definition) is 3. The zero-order chi connectivity index (χ0) is 15.9. The van der Waals surface area contributed by atoms with Gasteiger partial charge >= 0.3 is 0 Å². The fourth-order valence-electron chi connectivity index (χ4n) is 2.06. The van der Waals surface area contributed by atoms with Gasteiger partial charge in [0.05, 0.1) is 0 Å². The molecule has 2 aromatic rings. The van der Waals surface area contributed by atoms with Gasteiger partial charge < -0.3 is 5.32 Å². The second-order valence-corrected chi connectivity index (χ2v) is 5.14. The molecule has 1 aromatic carbocycles. The van der Waals surface area contributed by atoms with Gasteiger partial charge in [-0.3, -0.25) is 9.59 Å². The van der Waals surface area contributed by atoms with Gasteiger partial charge in [-0.1, -0.05) is 32.4 Å². The Morgan fingerprint density at radius 3 is 2.50 bits per heavy atom. The number of nitrogens with one attached hydrogen (secondary N) is 1. The zero-order valence-electron chi connectivity index (χ0n) is 13.0. The van der Waals surface area contributed by atoms with E-state index in [0.717, 1.165) is 24.9 Å². The van der Waals surface area contributed by atoms with Crippen molar-refractivity contribution in [2.24, 2.45) is 0 Å². The Hall–Kier alpha value is -2.43. The molecule has 1 aromatic heterocycles. The van der Waals surface area contributed by atoms with Crippen LogP contribution >= 0.6 is 0 Å². The molecule has 0 aliphatic carbocycles. The summed E-state index contributed by atoms with van der Waals surface area (Å²) in [5, 5.41) is 6.93. The SMILES string of the molecule is CCCCn1nc(C(=O)Nc2ccc(CC)cc2)ccc1=O. The third-order valence-electron chi connectivity index (χ3n) is 3.44. The van der Waals surface area contributed by atoms with E-state index in [1.165, 1.54) is 22.4 Å². The standard InChI is InChI=1S/C17H21N3O2/c1-3-5-12-20-16(21)11-10-15(19-20)17(22)18-14-8-6-13(4-2)7-9-14/h6-11H,3-5,12H2,1-2H3,(H,18,22). The Morgan fingerprint density at radius 1 is 1.14 bits per heavy atom. The topological polar surface area (TPSA) is 64.0 Å². The van der Waals surface area contributed by atoms with Crippen LogP contribution in [0.5, 0.6) is 0 Å². The first-order valence-electron chi connectivity index (χ1n) is 7.62. The summed E-state index contributed by atoms with van der Waals surface area (Å²) < 4.78 is 1.35. The number of hydrogen-bond donors (Lipinski definition) is 1. The van der Waals surface area contributed by atoms with Crippen molar-refractivity contribution in [3.63, 3.8) is 0 Å². The van der Waals surface area contributed by atoms with Gasteiger partial charge in [0.2, 0.25) is 0 Å². The first kappa shape index (κ1) is 15.9. The smallest absolute Gasteiger partial charge is 0.276 e. The zero-order valence-corrected chi connectivity index (χ0v) is 13.0.